The van der Waals surface area contributed by atoms with Crippen LogP contribution in [0.3, 0.4) is 0 Å². The molecule has 0 radical (unpaired) electrons. The highest BCUT2D eigenvalue weighted by Gasteiger charge is 2.30. The van der Waals surface area contributed by atoms with Gasteiger partial charge in [-0.1, -0.05) is 91.0 Å². The summed E-state index contributed by atoms with van der Waals surface area (Å²) in [7, 11) is 0. The molecule has 0 bridgehead atoms. The Balaban J connectivity index is 1.40. The lowest BCUT2D eigenvalue weighted by Gasteiger charge is -2.16. The van der Waals surface area contributed by atoms with Crippen LogP contribution in [0, 0.1) is 0 Å². The molecule has 154 valence electrons. The molecule has 0 fully saturated rings. The predicted molar refractivity (Wildman–Crippen MR) is 115 cm³/mol. The van der Waals surface area contributed by atoms with Gasteiger partial charge in [-0.2, -0.15) is 0 Å². The molecule has 1 heterocycles. The van der Waals surface area contributed by atoms with Crippen LogP contribution in [0.5, 0.6) is 0 Å². The van der Waals surface area contributed by atoms with Crippen molar-refractivity contribution in [2.24, 2.45) is 0 Å². The molecule has 0 amide bonds. The van der Waals surface area contributed by atoms with Crippen LogP contribution in [0.4, 0.5) is 0 Å². The number of hydrogen-bond donors (Lipinski definition) is 0. The summed E-state index contributed by atoms with van der Waals surface area (Å²) in [6, 6.07) is 30.3. The van der Waals surface area contributed by atoms with Gasteiger partial charge in [0.25, 0.3) is 0 Å². The average Bonchev–Trinajstić information content (AvgIpc) is 3.20. The van der Waals surface area contributed by atoms with Crippen LogP contribution in [0.15, 0.2) is 103 Å². The van der Waals surface area contributed by atoms with Gasteiger partial charge in [0.2, 0.25) is 0 Å². The van der Waals surface area contributed by atoms with Crippen LogP contribution in [-0.4, -0.2) is 19.3 Å². The number of hydrogen-bond acceptors (Lipinski definition) is 4. The second-order valence-corrected chi connectivity index (χ2v) is 7.14. The van der Waals surface area contributed by atoms with Gasteiger partial charge in [0.15, 0.2) is 17.6 Å². The van der Waals surface area contributed by atoms with Crippen LogP contribution in [-0.2, 0) is 38.8 Å². The number of benzene rings is 3. The standard InChI is InChI=1S/C26H26O4/c1-4-10-21(11-5-1)16-27-19-24-26(30-18-23-14-8-3-9-15-23)25(20-29-24)28-17-22-12-6-2-7-13-22/h1-15,25H,16-20H2/t25-/m1/s1. The minimum Gasteiger partial charge on any atom is -0.489 e. The number of rotatable bonds is 10. The summed E-state index contributed by atoms with van der Waals surface area (Å²) in [5, 5.41) is 0. The average molecular weight is 402 g/mol. The molecular weight excluding hydrogens is 376 g/mol. The molecule has 0 saturated carbocycles. The second-order valence-electron chi connectivity index (χ2n) is 7.14. The lowest BCUT2D eigenvalue weighted by molar-refractivity contribution is 0.00681. The lowest BCUT2D eigenvalue weighted by Crippen LogP contribution is -2.18. The van der Waals surface area contributed by atoms with Gasteiger partial charge in [-0.05, 0) is 16.7 Å². The first-order valence-corrected chi connectivity index (χ1v) is 10.2. The van der Waals surface area contributed by atoms with Crippen LogP contribution in [0.25, 0.3) is 0 Å². The Morgan fingerprint density at radius 3 is 1.77 bits per heavy atom. The summed E-state index contributed by atoms with van der Waals surface area (Å²) >= 11 is 0. The van der Waals surface area contributed by atoms with Crippen LogP contribution < -0.4 is 0 Å². The van der Waals surface area contributed by atoms with E-state index in [1.165, 1.54) is 0 Å². The van der Waals surface area contributed by atoms with Gasteiger partial charge in [-0.3, -0.25) is 0 Å². The van der Waals surface area contributed by atoms with Crippen molar-refractivity contribution >= 4 is 0 Å². The fourth-order valence-corrected chi connectivity index (χ4v) is 3.25. The fourth-order valence-electron chi connectivity index (χ4n) is 3.25. The van der Waals surface area contributed by atoms with Crippen molar-refractivity contribution in [3.8, 4) is 0 Å². The number of ether oxygens (including phenoxy) is 4. The maximum Gasteiger partial charge on any atom is 0.169 e. The first-order chi connectivity index (χ1) is 14.9. The smallest absolute Gasteiger partial charge is 0.169 e. The Morgan fingerprint density at radius 2 is 1.17 bits per heavy atom. The summed E-state index contributed by atoms with van der Waals surface area (Å²) in [6.45, 7) is 2.28. The van der Waals surface area contributed by atoms with E-state index < -0.39 is 0 Å². The van der Waals surface area contributed by atoms with Gasteiger partial charge >= 0.3 is 0 Å². The first kappa shape index (κ1) is 20.2. The van der Waals surface area contributed by atoms with E-state index in [0.29, 0.717) is 38.8 Å². The van der Waals surface area contributed by atoms with Gasteiger partial charge in [0, 0.05) is 0 Å². The summed E-state index contributed by atoms with van der Waals surface area (Å²) in [5.41, 5.74) is 3.34. The Morgan fingerprint density at radius 1 is 0.633 bits per heavy atom. The molecule has 0 N–H and O–H groups in total. The molecule has 1 aliphatic heterocycles. The SMILES string of the molecule is c1ccc(COCC2=C(OCc3ccccc3)[C@H](OCc3ccccc3)CO2)cc1. The molecule has 4 nitrogen and oxygen atoms in total. The van der Waals surface area contributed by atoms with Crippen molar-refractivity contribution in [3.05, 3.63) is 119 Å². The monoisotopic (exact) mass is 402 g/mol. The van der Waals surface area contributed by atoms with Gasteiger partial charge in [0.1, 0.15) is 19.8 Å². The molecule has 30 heavy (non-hydrogen) atoms. The Kier molecular flexibility index (Phi) is 7.16. The quantitative estimate of drug-likeness (QED) is 0.464. The van der Waals surface area contributed by atoms with E-state index in [2.05, 4.69) is 0 Å². The first-order valence-electron chi connectivity index (χ1n) is 10.2. The van der Waals surface area contributed by atoms with E-state index in [-0.39, 0.29) is 6.10 Å². The van der Waals surface area contributed by atoms with Crippen molar-refractivity contribution in [2.75, 3.05) is 13.2 Å². The lowest BCUT2D eigenvalue weighted by atomic mass is 10.2. The molecule has 0 aromatic heterocycles. The van der Waals surface area contributed by atoms with Crippen molar-refractivity contribution in [3.63, 3.8) is 0 Å². The van der Waals surface area contributed by atoms with Crippen molar-refractivity contribution < 1.29 is 18.9 Å². The zero-order valence-corrected chi connectivity index (χ0v) is 16.9. The molecule has 0 aliphatic carbocycles. The third-order valence-electron chi connectivity index (χ3n) is 4.85. The fraction of sp³-hybridized carbons (Fsp3) is 0.231. The van der Waals surface area contributed by atoms with Gasteiger partial charge in [-0.15, -0.1) is 0 Å². The molecule has 0 saturated heterocycles. The van der Waals surface area contributed by atoms with Crippen molar-refractivity contribution in [2.45, 2.75) is 25.9 Å². The van der Waals surface area contributed by atoms with E-state index in [1.54, 1.807) is 0 Å². The minimum atomic E-state index is -0.246. The highest BCUT2D eigenvalue weighted by molar-refractivity contribution is 5.18. The Hall–Kier alpha value is -3.08. The molecule has 3 aromatic carbocycles. The molecule has 1 aliphatic rings. The normalized spacial score (nSPS) is 15.8. The molecule has 4 rings (SSSR count). The Labute approximate surface area is 177 Å². The van der Waals surface area contributed by atoms with E-state index >= 15 is 0 Å². The van der Waals surface area contributed by atoms with E-state index in [0.717, 1.165) is 22.4 Å². The maximum absolute atomic E-state index is 6.16. The molecule has 1 atom stereocenters. The Bertz CT molecular complexity index is 923. The zero-order valence-electron chi connectivity index (χ0n) is 16.9. The van der Waals surface area contributed by atoms with Crippen molar-refractivity contribution in [1.29, 1.82) is 0 Å². The van der Waals surface area contributed by atoms with Crippen LogP contribution in [0.1, 0.15) is 16.7 Å². The minimum absolute atomic E-state index is 0.246. The highest BCUT2D eigenvalue weighted by atomic mass is 16.6. The maximum atomic E-state index is 6.16. The van der Waals surface area contributed by atoms with Gasteiger partial charge < -0.3 is 18.9 Å². The highest BCUT2D eigenvalue weighted by Crippen LogP contribution is 2.26. The molecule has 4 heteroatoms. The summed E-state index contributed by atoms with van der Waals surface area (Å²) in [6.07, 6.45) is -0.246. The predicted octanol–water partition coefficient (Wildman–Crippen LogP) is 5.25. The van der Waals surface area contributed by atoms with Crippen LogP contribution in [0.2, 0.25) is 0 Å². The summed E-state index contributed by atoms with van der Waals surface area (Å²) in [4.78, 5) is 0. The van der Waals surface area contributed by atoms with Gasteiger partial charge in [-0.25, -0.2) is 0 Å². The third-order valence-corrected chi connectivity index (χ3v) is 4.85. The molecule has 0 spiro atoms. The van der Waals surface area contributed by atoms with Crippen molar-refractivity contribution in [1.82, 2.24) is 0 Å². The zero-order chi connectivity index (χ0) is 20.4. The molecule has 3 aromatic rings. The third kappa shape index (κ3) is 5.72. The molecule has 0 unspecified atom stereocenters. The van der Waals surface area contributed by atoms with Gasteiger partial charge in [0.05, 0.1) is 13.2 Å². The summed E-state index contributed by atoms with van der Waals surface area (Å²) < 4.78 is 24.1. The van der Waals surface area contributed by atoms with E-state index in [4.69, 9.17) is 18.9 Å². The second kappa shape index (κ2) is 10.6. The topological polar surface area (TPSA) is 36.9 Å². The van der Waals surface area contributed by atoms with Crippen LogP contribution >= 0.6 is 0 Å². The van der Waals surface area contributed by atoms with E-state index in [9.17, 15) is 0 Å². The van der Waals surface area contributed by atoms with E-state index in [1.807, 2.05) is 91.0 Å². The molecular formula is C26H26O4. The summed E-state index contributed by atoms with van der Waals surface area (Å²) in [5.74, 6) is 1.43. The largest absolute Gasteiger partial charge is 0.489 e.